The fraction of sp³-hybridized carbons (Fsp3) is 0.524. The summed E-state index contributed by atoms with van der Waals surface area (Å²) in [6, 6.07) is 11.3. The highest BCUT2D eigenvalue weighted by Crippen LogP contribution is 2.20. The van der Waals surface area contributed by atoms with E-state index in [4.69, 9.17) is 4.99 Å². The van der Waals surface area contributed by atoms with Gasteiger partial charge in [0.25, 0.3) is 0 Å². The maximum absolute atomic E-state index is 4.86. The van der Waals surface area contributed by atoms with Crippen LogP contribution in [0, 0.1) is 6.92 Å². The van der Waals surface area contributed by atoms with E-state index in [9.17, 15) is 0 Å². The molecule has 1 saturated heterocycles. The molecular weight excluding hydrogens is 481 g/mol. The van der Waals surface area contributed by atoms with Crippen LogP contribution in [0.1, 0.15) is 35.2 Å². The Morgan fingerprint density at radius 1 is 1.29 bits per heavy atom. The highest BCUT2D eigenvalue weighted by molar-refractivity contribution is 14.0. The average molecular weight is 513 g/mol. The summed E-state index contributed by atoms with van der Waals surface area (Å²) in [6.07, 6.45) is 5.38. The highest BCUT2D eigenvalue weighted by atomic mass is 127. The molecule has 3 rings (SSSR count). The number of hydrogen-bond acceptors (Lipinski definition) is 4. The van der Waals surface area contributed by atoms with Crippen molar-refractivity contribution in [2.24, 2.45) is 4.99 Å². The zero-order valence-corrected chi connectivity index (χ0v) is 20.0. The van der Waals surface area contributed by atoms with Crippen LogP contribution in [0.5, 0.6) is 0 Å². The van der Waals surface area contributed by atoms with Crippen LogP contribution in [0.2, 0.25) is 0 Å². The van der Waals surface area contributed by atoms with E-state index in [2.05, 4.69) is 64.7 Å². The Balaban J connectivity index is 0.00000280. The van der Waals surface area contributed by atoms with E-state index in [0.29, 0.717) is 6.04 Å². The SMILES string of the molecule is CCNC(=NCC1CCCN1Cc1ccccc1)NCCc1ncc(C)s1.I. The molecule has 0 amide bonds. The molecule has 0 radical (unpaired) electrons. The Morgan fingerprint density at radius 3 is 2.82 bits per heavy atom. The summed E-state index contributed by atoms with van der Waals surface area (Å²) in [4.78, 5) is 13.1. The number of nitrogens with zero attached hydrogens (tertiary/aromatic N) is 3. The molecule has 0 spiro atoms. The lowest BCUT2D eigenvalue weighted by atomic mass is 10.2. The van der Waals surface area contributed by atoms with Gasteiger partial charge in [0.1, 0.15) is 0 Å². The second-order valence-electron chi connectivity index (χ2n) is 7.01. The van der Waals surface area contributed by atoms with Gasteiger partial charge >= 0.3 is 0 Å². The van der Waals surface area contributed by atoms with E-state index in [-0.39, 0.29) is 24.0 Å². The molecule has 2 N–H and O–H groups in total. The van der Waals surface area contributed by atoms with E-state index in [1.165, 1.54) is 34.8 Å². The average Bonchev–Trinajstić information content (AvgIpc) is 3.29. The fourth-order valence-corrected chi connectivity index (χ4v) is 4.26. The number of nitrogens with one attached hydrogen (secondary N) is 2. The molecule has 2 aromatic rings. The lowest BCUT2D eigenvalue weighted by Crippen LogP contribution is -2.40. The smallest absolute Gasteiger partial charge is 0.191 e. The Bertz CT molecular complexity index is 719. The lowest BCUT2D eigenvalue weighted by Gasteiger charge is -2.23. The van der Waals surface area contributed by atoms with E-state index in [0.717, 1.165) is 38.6 Å². The molecular formula is C21H32IN5S. The summed E-state index contributed by atoms with van der Waals surface area (Å²) in [7, 11) is 0. The summed E-state index contributed by atoms with van der Waals surface area (Å²) in [5.74, 6) is 0.914. The summed E-state index contributed by atoms with van der Waals surface area (Å²) >= 11 is 1.77. The Hall–Kier alpha value is -1.19. The first-order chi connectivity index (χ1) is 13.2. The van der Waals surface area contributed by atoms with Crippen molar-refractivity contribution in [3.8, 4) is 0 Å². The second-order valence-corrected chi connectivity index (χ2v) is 8.33. The lowest BCUT2D eigenvalue weighted by molar-refractivity contribution is 0.250. The molecule has 154 valence electrons. The van der Waals surface area contributed by atoms with Gasteiger partial charge in [0.05, 0.1) is 11.6 Å². The molecule has 1 aromatic carbocycles. The number of benzene rings is 1. The number of aryl methyl sites for hydroxylation is 1. The predicted octanol–water partition coefficient (Wildman–Crippen LogP) is 3.83. The van der Waals surface area contributed by atoms with Crippen LogP contribution in [0.25, 0.3) is 0 Å². The number of halogens is 1. The van der Waals surface area contributed by atoms with E-state index in [1.54, 1.807) is 11.3 Å². The maximum Gasteiger partial charge on any atom is 0.191 e. The Kier molecular flexibility index (Phi) is 10.2. The van der Waals surface area contributed by atoms with Gasteiger partial charge in [0, 0.05) is 43.2 Å². The molecule has 0 aliphatic carbocycles. The van der Waals surface area contributed by atoms with Crippen LogP contribution in [-0.4, -0.2) is 48.1 Å². The van der Waals surface area contributed by atoms with Crippen molar-refractivity contribution in [1.29, 1.82) is 0 Å². The Labute approximate surface area is 190 Å². The molecule has 0 bridgehead atoms. The normalized spacial score (nSPS) is 17.4. The fourth-order valence-electron chi connectivity index (χ4n) is 3.47. The van der Waals surface area contributed by atoms with Crippen molar-refractivity contribution in [1.82, 2.24) is 20.5 Å². The van der Waals surface area contributed by atoms with Gasteiger partial charge in [0.2, 0.25) is 0 Å². The van der Waals surface area contributed by atoms with Crippen LogP contribution >= 0.6 is 35.3 Å². The minimum Gasteiger partial charge on any atom is -0.357 e. The molecule has 28 heavy (non-hydrogen) atoms. The number of hydrogen-bond donors (Lipinski definition) is 2. The molecule has 1 fully saturated rings. The van der Waals surface area contributed by atoms with Gasteiger partial charge in [-0.15, -0.1) is 35.3 Å². The van der Waals surface area contributed by atoms with E-state index in [1.807, 2.05) is 6.20 Å². The van der Waals surface area contributed by atoms with E-state index >= 15 is 0 Å². The van der Waals surface area contributed by atoms with Crippen LogP contribution in [0.3, 0.4) is 0 Å². The van der Waals surface area contributed by atoms with Gasteiger partial charge < -0.3 is 10.6 Å². The standard InChI is InChI=1S/C21H31N5S.HI/c1-3-22-21(23-12-11-20-24-14-17(2)27-20)25-15-19-10-7-13-26(19)16-18-8-5-4-6-9-18;/h4-6,8-9,14,19H,3,7,10-13,15-16H2,1-2H3,(H2,22,23,25);1H. The van der Waals surface area contributed by atoms with Gasteiger partial charge in [-0.25, -0.2) is 4.98 Å². The zero-order chi connectivity index (χ0) is 18.9. The van der Waals surface area contributed by atoms with Crippen molar-refractivity contribution in [3.05, 3.63) is 52.0 Å². The quantitative estimate of drug-likeness (QED) is 0.320. The molecule has 1 aliphatic heterocycles. The van der Waals surface area contributed by atoms with Gasteiger partial charge in [0.15, 0.2) is 5.96 Å². The molecule has 0 saturated carbocycles. The minimum atomic E-state index is 0. The number of likely N-dealkylation sites (tertiary alicyclic amines) is 1. The van der Waals surface area contributed by atoms with E-state index < -0.39 is 0 Å². The third-order valence-electron chi connectivity index (χ3n) is 4.83. The highest BCUT2D eigenvalue weighted by Gasteiger charge is 2.24. The van der Waals surface area contributed by atoms with Gasteiger partial charge in [-0.3, -0.25) is 9.89 Å². The third kappa shape index (κ3) is 7.33. The first-order valence-corrected chi connectivity index (χ1v) is 10.8. The van der Waals surface area contributed by atoms with Crippen LogP contribution < -0.4 is 10.6 Å². The van der Waals surface area contributed by atoms with Crippen molar-refractivity contribution in [2.75, 3.05) is 26.2 Å². The van der Waals surface area contributed by atoms with Crippen molar-refractivity contribution < 1.29 is 0 Å². The number of aromatic nitrogens is 1. The molecule has 1 aromatic heterocycles. The topological polar surface area (TPSA) is 52.6 Å². The van der Waals surface area contributed by atoms with Gasteiger partial charge in [-0.2, -0.15) is 0 Å². The summed E-state index contributed by atoms with van der Waals surface area (Å²) in [5, 5.41) is 8.00. The number of rotatable bonds is 8. The molecule has 2 heterocycles. The maximum atomic E-state index is 4.86. The molecule has 1 aliphatic rings. The minimum absolute atomic E-state index is 0. The van der Waals surface area contributed by atoms with Crippen molar-refractivity contribution in [2.45, 2.75) is 45.7 Å². The molecule has 5 nitrogen and oxygen atoms in total. The first kappa shape index (κ1) is 23.1. The second kappa shape index (κ2) is 12.4. The summed E-state index contributed by atoms with van der Waals surface area (Å²) < 4.78 is 0. The number of thiazole rings is 1. The zero-order valence-electron chi connectivity index (χ0n) is 16.9. The third-order valence-corrected chi connectivity index (χ3v) is 5.80. The molecule has 1 atom stereocenters. The van der Waals surface area contributed by atoms with Crippen LogP contribution in [0.15, 0.2) is 41.5 Å². The van der Waals surface area contributed by atoms with Crippen LogP contribution in [0.4, 0.5) is 0 Å². The monoisotopic (exact) mass is 513 g/mol. The van der Waals surface area contributed by atoms with Gasteiger partial charge in [-0.1, -0.05) is 30.3 Å². The molecule has 7 heteroatoms. The summed E-state index contributed by atoms with van der Waals surface area (Å²) in [5.41, 5.74) is 1.39. The largest absolute Gasteiger partial charge is 0.357 e. The summed E-state index contributed by atoms with van der Waals surface area (Å²) in [6.45, 7) is 8.98. The predicted molar refractivity (Wildman–Crippen MR) is 130 cm³/mol. The first-order valence-electron chi connectivity index (χ1n) is 9.96. The van der Waals surface area contributed by atoms with Crippen LogP contribution in [-0.2, 0) is 13.0 Å². The molecule has 1 unspecified atom stereocenters. The number of aliphatic imine (C=N–C) groups is 1. The Morgan fingerprint density at radius 2 is 2.11 bits per heavy atom. The van der Waals surface area contributed by atoms with Crippen molar-refractivity contribution >= 4 is 41.3 Å². The van der Waals surface area contributed by atoms with Gasteiger partial charge in [-0.05, 0) is 38.8 Å². The van der Waals surface area contributed by atoms with Crippen molar-refractivity contribution in [3.63, 3.8) is 0 Å². The number of guanidine groups is 1.